The highest BCUT2D eigenvalue weighted by Crippen LogP contribution is 2.15. The molecule has 0 radical (unpaired) electrons. The lowest BCUT2D eigenvalue weighted by molar-refractivity contribution is -0.113. The van der Waals surface area contributed by atoms with Crippen LogP contribution in [0.3, 0.4) is 0 Å². The van der Waals surface area contributed by atoms with Crippen molar-refractivity contribution in [3.8, 4) is 0 Å². The van der Waals surface area contributed by atoms with Gasteiger partial charge in [0.05, 0.1) is 12.3 Å². The molecule has 90 valence electrons. The van der Waals surface area contributed by atoms with Gasteiger partial charge in [-0.2, -0.15) is 0 Å². The van der Waals surface area contributed by atoms with E-state index in [1.165, 1.54) is 11.8 Å². The number of rotatable bonds is 3. The second-order valence-electron chi connectivity index (χ2n) is 3.46. The van der Waals surface area contributed by atoms with Crippen LogP contribution in [-0.2, 0) is 4.79 Å². The Labute approximate surface area is 109 Å². The number of nitrogens with zero attached hydrogens (tertiary/aromatic N) is 1. The fraction of sp³-hybridized carbons (Fsp3) is 0.273. The van der Waals surface area contributed by atoms with Crippen molar-refractivity contribution in [2.24, 2.45) is 4.99 Å². The molecule has 0 aromatic heterocycles. The molecule has 6 heteroatoms. The van der Waals surface area contributed by atoms with E-state index >= 15 is 0 Å². The van der Waals surface area contributed by atoms with Gasteiger partial charge in [-0.25, -0.2) is 0 Å². The lowest BCUT2D eigenvalue weighted by atomic mass is 10.3. The summed E-state index contributed by atoms with van der Waals surface area (Å²) in [5.74, 6) is 0.284. The van der Waals surface area contributed by atoms with E-state index in [9.17, 15) is 4.79 Å². The SMILES string of the molecule is O=C(CSC1=NCCN1)Nc1cccc(Cl)c1. The lowest BCUT2D eigenvalue weighted by Gasteiger charge is -2.05. The number of benzene rings is 1. The summed E-state index contributed by atoms with van der Waals surface area (Å²) in [6.07, 6.45) is 0. The predicted octanol–water partition coefficient (Wildman–Crippen LogP) is 1.97. The number of amides is 1. The average molecular weight is 270 g/mol. The van der Waals surface area contributed by atoms with Crippen molar-refractivity contribution in [1.29, 1.82) is 0 Å². The molecule has 0 fully saturated rings. The molecule has 2 rings (SSSR count). The molecule has 1 aliphatic rings. The number of carbonyl (C=O) groups is 1. The number of thioether (sulfide) groups is 1. The van der Waals surface area contributed by atoms with Gasteiger partial charge >= 0.3 is 0 Å². The van der Waals surface area contributed by atoms with E-state index in [0.717, 1.165) is 18.3 Å². The Morgan fingerprint density at radius 1 is 1.59 bits per heavy atom. The van der Waals surface area contributed by atoms with Gasteiger partial charge in [-0.1, -0.05) is 29.4 Å². The number of nitrogens with one attached hydrogen (secondary N) is 2. The first-order chi connectivity index (χ1) is 8.24. The summed E-state index contributed by atoms with van der Waals surface area (Å²) in [5.41, 5.74) is 0.712. The van der Waals surface area contributed by atoms with Crippen LogP contribution in [0, 0.1) is 0 Å². The van der Waals surface area contributed by atoms with Gasteiger partial charge < -0.3 is 10.6 Å². The summed E-state index contributed by atoms with van der Waals surface area (Å²) >= 11 is 7.23. The van der Waals surface area contributed by atoms with Gasteiger partial charge in [0.15, 0.2) is 5.17 Å². The van der Waals surface area contributed by atoms with Crippen LogP contribution >= 0.6 is 23.4 Å². The predicted molar refractivity (Wildman–Crippen MR) is 72.8 cm³/mol. The number of carbonyl (C=O) groups excluding carboxylic acids is 1. The minimum Gasteiger partial charge on any atom is -0.363 e. The van der Waals surface area contributed by atoms with Gasteiger partial charge in [0, 0.05) is 17.3 Å². The van der Waals surface area contributed by atoms with E-state index in [0.29, 0.717) is 16.5 Å². The molecule has 0 bridgehead atoms. The molecule has 0 aliphatic carbocycles. The molecule has 0 spiro atoms. The first-order valence-corrected chi connectivity index (χ1v) is 6.57. The minimum atomic E-state index is -0.0614. The first kappa shape index (κ1) is 12.3. The van der Waals surface area contributed by atoms with Crippen molar-refractivity contribution in [3.63, 3.8) is 0 Å². The summed E-state index contributed by atoms with van der Waals surface area (Å²) in [5, 5.41) is 7.32. The van der Waals surface area contributed by atoms with Crippen LogP contribution in [-0.4, -0.2) is 29.9 Å². The normalized spacial score (nSPS) is 14.1. The third-order valence-corrected chi connectivity index (χ3v) is 3.28. The van der Waals surface area contributed by atoms with Gasteiger partial charge in [-0.05, 0) is 18.2 Å². The molecule has 0 atom stereocenters. The summed E-state index contributed by atoms with van der Waals surface area (Å²) in [4.78, 5) is 15.8. The Balaban J connectivity index is 1.80. The van der Waals surface area contributed by atoms with Crippen LogP contribution in [0.5, 0.6) is 0 Å². The summed E-state index contributed by atoms with van der Waals surface area (Å²) in [6.45, 7) is 1.65. The van der Waals surface area contributed by atoms with E-state index in [1.807, 2.05) is 0 Å². The zero-order valence-electron chi connectivity index (χ0n) is 9.07. The summed E-state index contributed by atoms with van der Waals surface area (Å²) < 4.78 is 0. The van der Waals surface area contributed by atoms with Crippen LogP contribution in [0.1, 0.15) is 0 Å². The van der Waals surface area contributed by atoms with Crippen molar-refractivity contribution in [3.05, 3.63) is 29.3 Å². The van der Waals surface area contributed by atoms with E-state index in [-0.39, 0.29) is 5.91 Å². The van der Waals surface area contributed by atoms with Gasteiger partial charge in [-0.3, -0.25) is 9.79 Å². The van der Waals surface area contributed by atoms with Crippen LogP contribution < -0.4 is 10.6 Å². The smallest absolute Gasteiger partial charge is 0.234 e. The standard InChI is InChI=1S/C11H12ClN3OS/c12-8-2-1-3-9(6-8)15-10(16)7-17-11-13-4-5-14-11/h1-3,6H,4-5,7H2,(H,13,14)(H,15,16). The molecule has 1 aliphatic heterocycles. The fourth-order valence-electron chi connectivity index (χ4n) is 1.37. The summed E-state index contributed by atoms with van der Waals surface area (Å²) in [6, 6.07) is 7.09. The fourth-order valence-corrected chi connectivity index (χ4v) is 2.29. The van der Waals surface area contributed by atoms with Gasteiger partial charge in [0.1, 0.15) is 0 Å². The Morgan fingerprint density at radius 3 is 3.18 bits per heavy atom. The van der Waals surface area contributed by atoms with Crippen molar-refractivity contribution in [2.45, 2.75) is 0 Å². The molecular formula is C11H12ClN3OS. The molecule has 1 amide bonds. The molecule has 1 heterocycles. The van der Waals surface area contributed by atoms with Gasteiger partial charge in [-0.15, -0.1) is 0 Å². The molecule has 1 aromatic rings. The van der Waals surface area contributed by atoms with Crippen LogP contribution in [0.25, 0.3) is 0 Å². The lowest BCUT2D eigenvalue weighted by Crippen LogP contribution is -2.20. The molecule has 1 aromatic carbocycles. The third kappa shape index (κ3) is 3.94. The van der Waals surface area contributed by atoms with E-state index in [1.54, 1.807) is 24.3 Å². The topological polar surface area (TPSA) is 53.5 Å². The third-order valence-electron chi connectivity index (χ3n) is 2.09. The van der Waals surface area contributed by atoms with Crippen LogP contribution in [0.4, 0.5) is 5.69 Å². The monoisotopic (exact) mass is 269 g/mol. The number of aliphatic imine (C=N–C) groups is 1. The Kier molecular flexibility index (Phi) is 4.28. The molecule has 0 saturated carbocycles. The van der Waals surface area contributed by atoms with Crippen LogP contribution in [0.15, 0.2) is 29.3 Å². The Bertz CT molecular complexity index is 450. The number of anilines is 1. The second kappa shape index (κ2) is 5.93. The zero-order valence-corrected chi connectivity index (χ0v) is 10.6. The van der Waals surface area contributed by atoms with E-state index < -0.39 is 0 Å². The number of amidine groups is 1. The number of halogens is 1. The van der Waals surface area contributed by atoms with Crippen molar-refractivity contribution in [2.75, 3.05) is 24.2 Å². The quantitative estimate of drug-likeness (QED) is 0.882. The molecular weight excluding hydrogens is 258 g/mol. The largest absolute Gasteiger partial charge is 0.363 e. The number of hydrogen-bond donors (Lipinski definition) is 2. The molecule has 2 N–H and O–H groups in total. The molecule has 0 saturated heterocycles. The molecule has 0 unspecified atom stereocenters. The van der Waals surface area contributed by atoms with Crippen molar-refractivity contribution >= 4 is 40.1 Å². The van der Waals surface area contributed by atoms with Crippen LogP contribution in [0.2, 0.25) is 5.02 Å². The number of hydrogen-bond acceptors (Lipinski definition) is 4. The highest BCUT2D eigenvalue weighted by Gasteiger charge is 2.09. The zero-order chi connectivity index (χ0) is 12.1. The van der Waals surface area contributed by atoms with Gasteiger partial charge in [0.2, 0.25) is 5.91 Å². The average Bonchev–Trinajstić information content (AvgIpc) is 2.79. The van der Waals surface area contributed by atoms with Crippen molar-refractivity contribution in [1.82, 2.24) is 5.32 Å². The highest BCUT2D eigenvalue weighted by atomic mass is 35.5. The highest BCUT2D eigenvalue weighted by molar-refractivity contribution is 8.14. The summed E-state index contributed by atoms with van der Waals surface area (Å²) in [7, 11) is 0. The Morgan fingerprint density at radius 2 is 2.47 bits per heavy atom. The van der Waals surface area contributed by atoms with Crippen molar-refractivity contribution < 1.29 is 4.79 Å². The second-order valence-corrected chi connectivity index (χ2v) is 4.86. The molecule has 4 nitrogen and oxygen atoms in total. The maximum absolute atomic E-state index is 11.6. The maximum atomic E-state index is 11.6. The maximum Gasteiger partial charge on any atom is 0.234 e. The Hall–Kier alpha value is -1.20. The first-order valence-electron chi connectivity index (χ1n) is 5.20. The van der Waals surface area contributed by atoms with E-state index in [4.69, 9.17) is 11.6 Å². The minimum absolute atomic E-state index is 0.0614. The molecule has 17 heavy (non-hydrogen) atoms. The van der Waals surface area contributed by atoms with E-state index in [2.05, 4.69) is 15.6 Å². The van der Waals surface area contributed by atoms with Gasteiger partial charge in [0.25, 0.3) is 0 Å².